The molecule has 3 rings (SSSR count). The smallest absolute Gasteiger partial charge is 0.320 e. The number of aliphatic carboxylic acids is 1. The van der Waals surface area contributed by atoms with Gasteiger partial charge < -0.3 is 9.53 Å². The highest BCUT2D eigenvalue weighted by Gasteiger charge is 2.47. The molecule has 1 aromatic rings. The molecule has 2 fully saturated rings. The van der Waals surface area contributed by atoms with E-state index in [4.69, 9.17) is 4.43 Å². The Bertz CT molecular complexity index is 639. The Labute approximate surface area is 176 Å². The van der Waals surface area contributed by atoms with Crippen LogP contribution in [0.25, 0.3) is 0 Å². The lowest BCUT2D eigenvalue weighted by molar-refractivity contribution is -0.144. The molecule has 1 N–H and O–H groups in total. The van der Waals surface area contributed by atoms with Gasteiger partial charge in [-0.3, -0.25) is 9.69 Å². The third-order valence-electron chi connectivity index (χ3n) is 6.53. The fourth-order valence-electron chi connectivity index (χ4n) is 4.95. The zero-order chi connectivity index (χ0) is 20.5. The Morgan fingerprint density at radius 3 is 2.54 bits per heavy atom. The molecule has 0 radical (unpaired) electrons. The highest BCUT2D eigenvalue weighted by Crippen LogP contribution is 2.44. The van der Waals surface area contributed by atoms with Crippen LogP contribution in [0.2, 0.25) is 13.1 Å². The third-order valence-corrected chi connectivity index (χ3v) is 8.07. The van der Waals surface area contributed by atoms with E-state index in [-0.39, 0.29) is 17.6 Å². The molecule has 2 aliphatic rings. The number of carbonyl (C=O) groups is 1. The summed E-state index contributed by atoms with van der Waals surface area (Å²) in [6.07, 6.45) is 4.62. The third kappa shape index (κ3) is 5.07. The number of likely N-dealkylation sites (tertiary alicyclic amines) is 1. The van der Waals surface area contributed by atoms with Gasteiger partial charge in [-0.15, -0.1) is 0 Å². The highest BCUT2D eigenvalue weighted by molar-refractivity contribution is 7.08. The molecule has 1 aliphatic carbocycles. The van der Waals surface area contributed by atoms with E-state index >= 15 is 0 Å². The first-order chi connectivity index (χ1) is 13.2. The van der Waals surface area contributed by atoms with Gasteiger partial charge in [0, 0.05) is 24.9 Å². The summed E-state index contributed by atoms with van der Waals surface area (Å²) in [5.74, 6) is 0.639. The zero-order valence-electron chi connectivity index (χ0n) is 18.1. The van der Waals surface area contributed by atoms with Gasteiger partial charge in [-0.1, -0.05) is 40.0 Å². The molecule has 0 amide bonds. The minimum absolute atomic E-state index is 0.0406. The number of nitrogens with zero attached hydrogens (tertiary/aromatic N) is 1. The zero-order valence-corrected chi connectivity index (χ0v) is 20.0. The van der Waals surface area contributed by atoms with Crippen molar-refractivity contribution in [1.29, 1.82) is 0 Å². The van der Waals surface area contributed by atoms with Gasteiger partial charge in [0.15, 0.2) is 9.04 Å². The molecule has 6 heteroatoms. The molecule has 0 aromatic carbocycles. The fraction of sp³-hybridized carbons (Fsp3) is 0.773. The van der Waals surface area contributed by atoms with Crippen LogP contribution in [0.1, 0.15) is 57.9 Å². The summed E-state index contributed by atoms with van der Waals surface area (Å²) in [5, 5.41) is 14.4. The summed E-state index contributed by atoms with van der Waals surface area (Å²) in [5.41, 5.74) is 1.40. The van der Waals surface area contributed by atoms with Crippen LogP contribution in [0.3, 0.4) is 0 Å². The van der Waals surface area contributed by atoms with Gasteiger partial charge in [-0.25, -0.2) is 0 Å². The van der Waals surface area contributed by atoms with E-state index in [1.54, 1.807) is 11.3 Å². The SMILES string of the molecule is C[SiH](C)OC([C@H]1CN([C@H](CC2CCC2)C(=O)O)C[C@@H]1c1ccsc1)C(C)(C)C. The average Bonchev–Trinajstić information content (AvgIpc) is 3.19. The maximum atomic E-state index is 12.1. The quantitative estimate of drug-likeness (QED) is 0.609. The first-order valence-corrected chi connectivity index (χ1v) is 14.5. The van der Waals surface area contributed by atoms with Gasteiger partial charge in [0.1, 0.15) is 6.04 Å². The van der Waals surface area contributed by atoms with Crippen molar-refractivity contribution in [1.82, 2.24) is 4.90 Å². The highest BCUT2D eigenvalue weighted by atomic mass is 32.1. The van der Waals surface area contributed by atoms with Crippen molar-refractivity contribution in [2.45, 2.75) is 77.6 Å². The molecule has 2 heterocycles. The molecule has 1 saturated heterocycles. The molecule has 1 saturated carbocycles. The van der Waals surface area contributed by atoms with Crippen molar-refractivity contribution >= 4 is 26.3 Å². The molecule has 4 nitrogen and oxygen atoms in total. The van der Waals surface area contributed by atoms with Crippen LogP contribution < -0.4 is 0 Å². The lowest BCUT2D eigenvalue weighted by Gasteiger charge is -2.39. The maximum absolute atomic E-state index is 12.1. The molecule has 158 valence electrons. The van der Waals surface area contributed by atoms with E-state index in [1.165, 1.54) is 24.8 Å². The molecule has 1 aliphatic heterocycles. The topological polar surface area (TPSA) is 49.8 Å². The molecule has 1 unspecified atom stereocenters. The predicted octanol–water partition coefficient (Wildman–Crippen LogP) is 4.82. The Morgan fingerprint density at radius 2 is 2.07 bits per heavy atom. The summed E-state index contributed by atoms with van der Waals surface area (Å²) >= 11 is 1.73. The largest absolute Gasteiger partial charge is 0.480 e. The monoisotopic (exact) mass is 423 g/mol. The Hall–Kier alpha value is -0.693. The molecule has 0 spiro atoms. The Morgan fingerprint density at radius 1 is 1.36 bits per heavy atom. The van der Waals surface area contributed by atoms with Gasteiger partial charge >= 0.3 is 5.97 Å². The number of thiophene rings is 1. The minimum Gasteiger partial charge on any atom is -0.480 e. The van der Waals surface area contributed by atoms with Crippen LogP contribution in [0.15, 0.2) is 16.8 Å². The van der Waals surface area contributed by atoms with E-state index in [9.17, 15) is 9.90 Å². The van der Waals surface area contributed by atoms with Crippen molar-refractivity contribution in [2.75, 3.05) is 13.1 Å². The fourth-order valence-corrected chi connectivity index (χ4v) is 6.87. The van der Waals surface area contributed by atoms with Gasteiger partial charge in [0.2, 0.25) is 0 Å². The second kappa shape index (κ2) is 8.98. The summed E-state index contributed by atoms with van der Waals surface area (Å²) in [6.45, 7) is 12.9. The van der Waals surface area contributed by atoms with E-state index in [0.29, 0.717) is 17.8 Å². The summed E-state index contributed by atoms with van der Waals surface area (Å²) < 4.78 is 6.60. The van der Waals surface area contributed by atoms with Crippen LogP contribution in [0.4, 0.5) is 0 Å². The predicted molar refractivity (Wildman–Crippen MR) is 119 cm³/mol. The van der Waals surface area contributed by atoms with Crippen LogP contribution in [0.5, 0.6) is 0 Å². The molecule has 0 bridgehead atoms. The minimum atomic E-state index is -1.21. The molecular formula is C22H37NO3SSi. The first kappa shape index (κ1) is 22.0. The second-order valence-electron chi connectivity index (χ2n) is 10.1. The van der Waals surface area contributed by atoms with Crippen molar-refractivity contribution in [3.05, 3.63) is 22.4 Å². The van der Waals surface area contributed by atoms with Gasteiger partial charge in [-0.05, 0) is 53.2 Å². The first-order valence-electron chi connectivity index (χ1n) is 10.8. The average molecular weight is 424 g/mol. The number of hydrogen-bond acceptors (Lipinski definition) is 4. The van der Waals surface area contributed by atoms with Gasteiger partial charge in [0.05, 0.1) is 6.10 Å². The second-order valence-corrected chi connectivity index (χ2v) is 13.3. The van der Waals surface area contributed by atoms with Gasteiger partial charge in [0.25, 0.3) is 0 Å². The molecule has 4 atom stereocenters. The number of hydrogen-bond donors (Lipinski definition) is 1. The standard InChI is InChI=1S/C22H37NO3SSi/c1-22(2,3)20(26-28(4)5)18-13-23(12-17(18)16-9-10-27-14-16)19(21(24)25)11-15-7-6-8-15/h9-10,14-15,17-20,28H,6-8,11-13H2,1-5H3,(H,24,25)/t17-,18+,19-,20?/m1/s1. The summed E-state index contributed by atoms with van der Waals surface area (Å²) in [6, 6.07) is 1.87. The van der Waals surface area contributed by atoms with Crippen LogP contribution >= 0.6 is 11.3 Å². The van der Waals surface area contributed by atoms with Crippen molar-refractivity contribution in [3.63, 3.8) is 0 Å². The van der Waals surface area contributed by atoms with Crippen LogP contribution in [0, 0.1) is 17.3 Å². The van der Waals surface area contributed by atoms with E-state index < -0.39 is 15.0 Å². The van der Waals surface area contributed by atoms with Gasteiger partial charge in [-0.2, -0.15) is 11.3 Å². The molecular weight excluding hydrogens is 386 g/mol. The number of rotatable bonds is 8. The van der Waals surface area contributed by atoms with Crippen LogP contribution in [-0.4, -0.2) is 50.3 Å². The van der Waals surface area contributed by atoms with Crippen molar-refractivity contribution in [2.24, 2.45) is 17.3 Å². The maximum Gasteiger partial charge on any atom is 0.320 e. The summed E-state index contributed by atoms with van der Waals surface area (Å²) in [4.78, 5) is 14.4. The summed E-state index contributed by atoms with van der Waals surface area (Å²) in [7, 11) is -1.21. The molecule has 28 heavy (non-hydrogen) atoms. The molecule has 1 aromatic heterocycles. The lowest BCUT2D eigenvalue weighted by Crippen LogP contribution is -2.45. The lowest BCUT2D eigenvalue weighted by atomic mass is 9.75. The Kier molecular flexibility index (Phi) is 7.06. The van der Waals surface area contributed by atoms with E-state index in [0.717, 1.165) is 19.5 Å². The van der Waals surface area contributed by atoms with Crippen LogP contribution in [-0.2, 0) is 9.22 Å². The Balaban J connectivity index is 1.86. The number of carboxylic acids is 1. The van der Waals surface area contributed by atoms with Crippen molar-refractivity contribution < 1.29 is 14.3 Å². The van der Waals surface area contributed by atoms with Crippen molar-refractivity contribution in [3.8, 4) is 0 Å². The van der Waals surface area contributed by atoms with E-state index in [1.807, 2.05) is 0 Å². The number of carboxylic acid groups (broad SMARTS) is 1. The van der Waals surface area contributed by atoms with E-state index in [2.05, 4.69) is 55.6 Å². The normalized spacial score (nSPS) is 26.4.